The van der Waals surface area contributed by atoms with Gasteiger partial charge >= 0.3 is 5.97 Å². The van der Waals surface area contributed by atoms with E-state index in [0.717, 1.165) is 32.1 Å². The lowest BCUT2D eigenvalue weighted by molar-refractivity contribution is -0.151. The number of carbonyl (C=O) groups excluding carboxylic acids is 1. The molecule has 0 aliphatic heterocycles. The number of benzene rings is 1. The standard InChI is InChI=1S/C17H16ClN3O2/c18-16-15(20-13-8-4-5-9-14(13)21-16)12(10-19)17(22)23-11-6-2-1-3-7-11/h4-5,8-9,11-12H,1-3,6-7H2. The maximum atomic E-state index is 12.4. The van der Waals surface area contributed by atoms with E-state index < -0.39 is 11.9 Å². The summed E-state index contributed by atoms with van der Waals surface area (Å²) in [6, 6.07) is 9.14. The summed E-state index contributed by atoms with van der Waals surface area (Å²) >= 11 is 6.13. The molecule has 0 bridgehead atoms. The Morgan fingerprint density at radius 2 is 1.87 bits per heavy atom. The van der Waals surface area contributed by atoms with Gasteiger partial charge < -0.3 is 4.74 Å². The smallest absolute Gasteiger partial charge is 0.329 e. The monoisotopic (exact) mass is 329 g/mol. The number of carbonyl (C=O) groups is 1. The topological polar surface area (TPSA) is 75.9 Å². The summed E-state index contributed by atoms with van der Waals surface area (Å²) in [5.41, 5.74) is 1.38. The third-order valence-corrected chi connectivity index (χ3v) is 4.30. The van der Waals surface area contributed by atoms with E-state index in [-0.39, 0.29) is 17.0 Å². The van der Waals surface area contributed by atoms with Crippen molar-refractivity contribution in [1.82, 2.24) is 9.97 Å². The first-order valence-corrected chi connectivity index (χ1v) is 8.09. The van der Waals surface area contributed by atoms with Crippen molar-refractivity contribution < 1.29 is 9.53 Å². The lowest BCUT2D eigenvalue weighted by Crippen LogP contribution is -2.25. The van der Waals surface area contributed by atoms with Crippen LogP contribution in [-0.4, -0.2) is 22.0 Å². The molecule has 1 aliphatic carbocycles. The molecule has 0 saturated heterocycles. The molecule has 1 aromatic heterocycles. The molecule has 23 heavy (non-hydrogen) atoms. The Morgan fingerprint density at radius 1 is 1.22 bits per heavy atom. The zero-order valence-corrected chi connectivity index (χ0v) is 13.3. The van der Waals surface area contributed by atoms with Gasteiger partial charge in [0, 0.05) is 0 Å². The molecule has 1 fully saturated rings. The van der Waals surface area contributed by atoms with Crippen molar-refractivity contribution in [2.75, 3.05) is 0 Å². The van der Waals surface area contributed by atoms with Gasteiger partial charge in [-0.1, -0.05) is 30.2 Å². The first-order valence-electron chi connectivity index (χ1n) is 7.71. The van der Waals surface area contributed by atoms with E-state index in [1.165, 1.54) is 0 Å². The molecule has 1 aromatic carbocycles. The fraction of sp³-hybridized carbons (Fsp3) is 0.412. The molecular formula is C17H16ClN3O2. The minimum atomic E-state index is -1.15. The van der Waals surface area contributed by atoms with E-state index in [2.05, 4.69) is 9.97 Å². The number of para-hydroxylation sites is 2. The van der Waals surface area contributed by atoms with Gasteiger partial charge in [0.25, 0.3) is 0 Å². The van der Waals surface area contributed by atoms with Gasteiger partial charge in [-0.25, -0.2) is 9.97 Å². The maximum absolute atomic E-state index is 12.4. The van der Waals surface area contributed by atoms with E-state index in [9.17, 15) is 10.1 Å². The van der Waals surface area contributed by atoms with Gasteiger partial charge in [-0.15, -0.1) is 0 Å². The van der Waals surface area contributed by atoms with Crippen LogP contribution in [-0.2, 0) is 9.53 Å². The molecule has 1 atom stereocenters. The first kappa shape index (κ1) is 15.7. The van der Waals surface area contributed by atoms with Crippen LogP contribution < -0.4 is 0 Å². The Hall–Kier alpha value is -2.19. The number of rotatable bonds is 3. The van der Waals surface area contributed by atoms with Crippen LogP contribution in [0, 0.1) is 11.3 Å². The van der Waals surface area contributed by atoms with Crippen LogP contribution in [0.5, 0.6) is 0 Å². The molecule has 2 aromatic rings. The summed E-state index contributed by atoms with van der Waals surface area (Å²) in [6.45, 7) is 0. The van der Waals surface area contributed by atoms with Gasteiger partial charge in [0.1, 0.15) is 11.8 Å². The average molecular weight is 330 g/mol. The molecule has 0 N–H and O–H groups in total. The fourth-order valence-electron chi connectivity index (χ4n) is 2.82. The maximum Gasteiger partial charge on any atom is 0.329 e. The third kappa shape index (κ3) is 3.43. The number of hydrogen-bond acceptors (Lipinski definition) is 5. The minimum Gasteiger partial charge on any atom is -0.461 e. The molecule has 0 spiro atoms. The molecule has 3 rings (SSSR count). The predicted octanol–water partition coefficient (Wildman–Crippen LogP) is 3.77. The number of halogens is 1. The van der Waals surface area contributed by atoms with Crippen LogP contribution in [0.4, 0.5) is 0 Å². The fourth-order valence-corrected chi connectivity index (χ4v) is 3.06. The quantitative estimate of drug-likeness (QED) is 0.801. The molecule has 1 saturated carbocycles. The molecule has 5 nitrogen and oxygen atoms in total. The molecule has 1 heterocycles. The SMILES string of the molecule is N#CC(C(=O)OC1CCCCC1)c1nc2ccccc2nc1Cl. The highest BCUT2D eigenvalue weighted by molar-refractivity contribution is 6.30. The normalized spacial score (nSPS) is 16.7. The Labute approximate surface area is 139 Å². The summed E-state index contributed by atoms with van der Waals surface area (Å²) in [5.74, 6) is -1.74. The lowest BCUT2D eigenvalue weighted by Gasteiger charge is -2.22. The highest BCUT2D eigenvalue weighted by Crippen LogP contribution is 2.27. The number of aromatic nitrogens is 2. The van der Waals surface area contributed by atoms with Crippen molar-refractivity contribution >= 4 is 28.6 Å². The van der Waals surface area contributed by atoms with Crippen molar-refractivity contribution in [3.8, 4) is 6.07 Å². The van der Waals surface area contributed by atoms with Gasteiger partial charge in [0.15, 0.2) is 11.1 Å². The second kappa shape index (κ2) is 6.93. The van der Waals surface area contributed by atoms with E-state index in [1.54, 1.807) is 12.1 Å². The first-order chi connectivity index (χ1) is 11.2. The average Bonchev–Trinajstić information content (AvgIpc) is 2.57. The van der Waals surface area contributed by atoms with Gasteiger partial charge in [0.05, 0.1) is 17.1 Å². The Kier molecular flexibility index (Phi) is 4.73. The number of hydrogen-bond donors (Lipinski definition) is 0. The second-order valence-electron chi connectivity index (χ2n) is 5.65. The summed E-state index contributed by atoms with van der Waals surface area (Å²) in [5, 5.41) is 9.46. The molecular weight excluding hydrogens is 314 g/mol. The lowest BCUT2D eigenvalue weighted by atomic mass is 9.97. The van der Waals surface area contributed by atoms with Gasteiger partial charge in [0.2, 0.25) is 0 Å². The highest BCUT2D eigenvalue weighted by Gasteiger charge is 2.29. The summed E-state index contributed by atoms with van der Waals surface area (Å²) in [7, 11) is 0. The minimum absolute atomic E-state index is 0.0656. The van der Waals surface area contributed by atoms with Crippen molar-refractivity contribution in [3.05, 3.63) is 35.1 Å². The second-order valence-corrected chi connectivity index (χ2v) is 6.01. The molecule has 0 amide bonds. The van der Waals surface area contributed by atoms with Gasteiger partial charge in [-0.3, -0.25) is 4.79 Å². The predicted molar refractivity (Wildman–Crippen MR) is 85.9 cm³/mol. The summed E-state index contributed by atoms with van der Waals surface area (Å²) in [6.07, 6.45) is 4.84. The van der Waals surface area contributed by atoms with Crippen LogP contribution in [0.2, 0.25) is 5.15 Å². The van der Waals surface area contributed by atoms with E-state index >= 15 is 0 Å². The van der Waals surface area contributed by atoms with Crippen LogP contribution >= 0.6 is 11.6 Å². The largest absolute Gasteiger partial charge is 0.461 e. The van der Waals surface area contributed by atoms with Crippen molar-refractivity contribution in [1.29, 1.82) is 5.26 Å². The zero-order valence-electron chi connectivity index (χ0n) is 12.5. The molecule has 0 radical (unpaired) electrons. The van der Waals surface area contributed by atoms with Crippen molar-refractivity contribution in [2.45, 2.75) is 44.1 Å². The Balaban J connectivity index is 1.86. The Bertz CT molecular complexity index is 766. The van der Waals surface area contributed by atoms with Crippen molar-refractivity contribution in [3.63, 3.8) is 0 Å². The van der Waals surface area contributed by atoms with E-state index in [1.807, 2.05) is 18.2 Å². The number of nitriles is 1. The zero-order chi connectivity index (χ0) is 16.2. The summed E-state index contributed by atoms with van der Waals surface area (Å²) in [4.78, 5) is 20.9. The number of ether oxygens (including phenoxy) is 1. The molecule has 118 valence electrons. The van der Waals surface area contributed by atoms with Gasteiger partial charge in [-0.2, -0.15) is 5.26 Å². The molecule has 1 aliphatic rings. The Morgan fingerprint density at radius 3 is 2.52 bits per heavy atom. The number of nitrogens with zero attached hydrogens (tertiary/aromatic N) is 3. The van der Waals surface area contributed by atoms with Crippen LogP contribution in [0.3, 0.4) is 0 Å². The number of fused-ring (bicyclic) bond motifs is 1. The van der Waals surface area contributed by atoms with Crippen molar-refractivity contribution in [2.24, 2.45) is 0 Å². The van der Waals surface area contributed by atoms with Crippen LogP contribution in [0.25, 0.3) is 11.0 Å². The highest BCUT2D eigenvalue weighted by atomic mass is 35.5. The van der Waals surface area contributed by atoms with E-state index in [4.69, 9.17) is 16.3 Å². The summed E-state index contributed by atoms with van der Waals surface area (Å²) < 4.78 is 5.48. The van der Waals surface area contributed by atoms with Crippen LogP contribution in [0.15, 0.2) is 24.3 Å². The van der Waals surface area contributed by atoms with E-state index in [0.29, 0.717) is 11.0 Å². The number of esters is 1. The molecule has 1 unspecified atom stereocenters. The molecule has 6 heteroatoms. The third-order valence-electron chi connectivity index (χ3n) is 4.03. The van der Waals surface area contributed by atoms with Crippen LogP contribution in [0.1, 0.15) is 43.7 Å². The van der Waals surface area contributed by atoms with Gasteiger partial charge in [-0.05, 0) is 37.8 Å².